The zero-order chi connectivity index (χ0) is 10.3. The van der Waals surface area contributed by atoms with E-state index in [-0.39, 0.29) is 17.3 Å². The van der Waals surface area contributed by atoms with Crippen molar-refractivity contribution in [2.75, 3.05) is 0 Å². The van der Waals surface area contributed by atoms with Crippen molar-refractivity contribution in [2.45, 2.75) is 0 Å². The molecule has 0 aliphatic carbocycles. The highest BCUT2D eigenvalue weighted by Gasteiger charge is 2.07. The van der Waals surface area contributed by atoms with Gasteiger partial charge < -0.3 is 15.9 Å². The van der Waals surface area contributed by atoms with Gasteiger partial charge in [-0.15, -0.1) is 11.3 Å². The van der Waals surface area contributed by atoms with Gasteiger partial charge in [0.25, 0.3) is 0 Å². The molecule has 1 heterocycles. The Hall–Kier alpha value is -1.75. The van der Waals surface area contributed by atoms with E-state index in [9.17, 15) is 10.2 Å². The van der Waals surface area contributed by atoms with Gasteiger partial charge in [-0.2, -0.15) is 0 Å². The fourth-order valence-corrected chi connectivity index (χ4v) is 2.14. The number of nitrogens with one attached hydrogen (secondary N) is 1. The molecule has 0 aliphatic heterocycles. The lowest BCUT2D eigenvalue weighted by atomic mass is 10.2. The molecule has 2 aromatic rings. The van der Waals surface area contributed by atoms with Crippen LogP contribution in [-0.2, 0) is 0 Å². The van der Waals surface area contributed by atoms with Crippen LogP contribution in [0.5, 0.6) is 11.5 Å². The van der Waals surface area contributed by atoms with Crippen molar-refractivity contribution in [2.24, 2.45) is 5.73 Å². The van der Waals surface area contributed by atoms with Crippen molar-refractivity contribution in [1.82, 2.24) is 0 Å². The summed E-state index contributed by atoms with van der Waals surface area (Å²) >= 11 is 1.31. The van der Waals surface area contributed by atoms with Crippen LogP contribution in [-0.4, -0.2) is 16.0 Å². The van der Waals surface area contributed by atoms with Gasteiger partial charge in [-0.3, -0.25) is 5.41 Å². The van der Waals surface area contributed by atoms with Crippen LogP contribution >= 0.6 is 11.3 Å². The first-order valence-corrected chi connectivity index (χ1v) is 4.69. The molecule has 5 heteroatoms. The third kappa shape index (κ3) is 1.27. The smallest absolute Gasteiger partial charge is 0.158 e. The number of benzene rings is 1. The number of phenols is 2. The highest BCUT2D eigenvalue weighted by Crippen LogP contribution is 2.34. The fourth-order valence-electron chi connectivity index (χ4n) is 1.20. The molecule has 5 N–H and O–H groups in total. The Balaban J connectivity index is 2.72. The van der Waals surface area contributed by atoms with E-state index in [4.69, 9.17) is 11.1 Å². The first-order chi connectivity index (χ1) is 6.58. The summed E-state index contributed by atoms with van der Waals surface area (Å²) in [5.41, 5.74) is 5.32. The Bertz CT molecular complexity index is 480. The number of nitrogen functional groups attached to an aromatic ring is 1. The summed E-state index contributed by atoms with van der Waals surface area (Å²) in [6, 6.07) is 4.62. The maximum Gasteiger partial charge on any atom is 0.158 e. The van der Waals surface area contributed by atoms with E-state index >= 15 is 0 Å². The number of hydrogen-bond acceptors (Lipinski definition) is 4. The molecule has 0 atom stereocenters. The van der Waals surface area contributed by atoms with Crippen LogP contribution in [0.4, 0.5) is 0 Å². The van der Waals surface area contributed by atoms with Crippen LogP contribution in [0.1, 0.15) is 4.88 Å². The van der Waals surface area contributed by atoms with Gasteiger partial charge in [-0.25, -0.2) is 0 Å². The molecule has 0 aliphatic rings. The first-order valence-electron chi connectivity index (χ1n) is 3.88. The van der Waals surface area contributed by atoms with Crippen LogP contribution in [0, 0.1) is 5.41 Å². The maximum absolute atomic E-state index is 9.24. The lowest BCUT2D eigenvalue weighted by Crippen LogP contribution is -2.08. The van der Waals surface area contributed by atoms with Crippen LogP contribution in [0.3, 0.4) is 0 Å². The molecule has 0 saturated carbocycles. The van der Waals surface area contributed by atoms with Gasteiger partial charge in [0.2, 0.25) is 0 Å². The molecule has 0 unspecified atom stereocenters. The molecule has 2 rings (SSSR count). The summed E-state index contributed by atoms with van der Waals surface area (Å²) in [7, 11) is 0. The van der Waals surface area contributed by atoms with E-state index in [2.05, 4.69) is 0 Å². The van der Waals surface area contributed by atoms with Gasteiger partial charge in [-0.1, -0.05) is 0 Å². The van der Waals surface area contributed by atoms with Crippen LogP contribution < -0.4 is 5.73 Å². The minimum atomic E-state index is -0.162. The Labute approximate surface area is 83.7 Å². The average molecular weight is 208 g/mol. The predicted octanol–water partition coefficient (Wildman–Crippen LogP) is 1.60. The number of thiophene rings is 1. The molecule has 0 spiro atoms. The van der Waals surface area contributed by atoms with Crippen LogP contribution in [0.15, 0.2) is 18.2 Å². The van der Waals surface area contributed by atoms with Crippen LogP contribution in [0.25, 0.3) is 10.1 Å². The molecular weight excluding hydrogens is 200 g/mol. The molecule has 0 amide bonds. The highest BCUT2D eigenvalue weighted by molar-refractivity contribution is 7.20. The minimum Gasteiger partial charge on any atom is -0.504 e. The molecule has 0 radical (unpaired) electrons. The van der Waals surface area contributed by atoms with E-state index in [0.717, 1.165) is 10.1 Å². The molecule has 14 heavy (non-hydrogen) atoms. The van der Waals surface area contributed by atoms with Gasteiger partial charge in [0.05, 0.1) is 4.88 Å². The molecule has 4 nitrogen and oxygen atoms in total. The Morgan fingerprint density at radius 2 is 1.86 bits per heavy atom. The summed E-state index contributed by atoms with van der Waals surface area (Å²) in [5, 5.41) is 26.5. The number of phenolic OH excluding ortho intramolecular Hbond substituents is 2. The van der Waals surface area contributed by atoms with E-state index < -0.39 is 0 Å². The Morgan fingerprint density at radius 1 is 1.21 bits per heavy atom. The largest absolute Gasteiger partial charge is 0.504 e. The highest BCUT2D eigenvalue weighted by atomic mass is 32.1. The normalized spacial score (nSPS) is 10.6. The lowest BCUT2D eigenvalue weighted by Gasteiger charge is -1.95. The van der Waals surface area contributed by atoms with Crippen molar-refractivity contribution < 1.29 is 10.2 Å². The zero-order valence-electron chi connectivity index (χ0n) is 7.11. The summed E-state index contributed by atoms with van der Waals surface area (Å²) in [5.74, 6) is -0.329. The van der Waals surface area contributed by atoms with Gasteiger partial charge in [0.15, 0.2) is 11.5 Å². The molecule has 0 bridgehead atoms. The van der Waals surface area contributed by atoms with E-state index in [1.54, 1.807) is 6.07 Å². The first kappa shape index (κ1) is 8.83. The second-order valence-electron chi connectivity index (χ2n) is 2.90. The lowest BCUT2D eigenvalue weighted by molar-refractivity contribution is 0.405. The monoisotopic (exact) mass is 208 g/mol. The van der Waals surface area contributed by atoms with Crippen molar-refractivity contribution in [1.29, 1.82) is 5.41 Å². The summed E-state index contributed by atoms with van der Waals surface area (Å²) < 4.78 is 0.797. The molecule has 0 fully saturated rings. The quantitative estimate of drug-likeness (QED) is 0.326. The number of hydrogen-bond donors (Lipinski definition) is 4. The number of amidine groups is 1. The molecule has 72 valence electrons. The predicted molar refractivity (Wildman–Crippen MR) is 56.2 cm³/mol. The second-order valence-corrected chi connectivity index (χ2v) is 3.99. The van der Waals surface area contributed by atoms with E-state index in [0.29, 0.717) is 4.88 Å². The average Bonchev–Trinajstić information content (AvgIpc) is 2.48. The van der Waals surface area contributed by atoms with E-state index in [1.165, 1.54) is 23.5 Å². The van der Waals surface area contributed by atoms with Crippen LogP contribution in [0.2, 0.25) is 0 Å². The number of fused-ring (bicyclic) bond motifs is 1. The maximum atomic E-state index is 9.24. The van der Waals surface area contributed by atoms with Crippen molar-refractivity contribution >= 4 is 27.3 Å². The van der Waals surface area contributed by atoms with E-state index in [1.807, 2.05) is 0 Å². The summed E-state index contributed by atoms with van der Waals surface area (Å²) in [4.78, 5) is 0.630. The molecule has 1 aromatic heterocycles. The Kier molecular flexibility index (Phi) is 1.82. The molecule has 1 aromatic carbocycles. The third-order valence-corrected chi connectivity index (χ3v) is 3.01. The number of rotatable bonds is 1. The van der Waals surface area contributed by atoms with Crippen molar-refractivity contribution in [3.63, 3.8) is 0 Å². The third-order valence-electron chi connectivity index (χ3n) is 1.88. The fraction of sp³-hybridized carbons (Fsp3) is 0. The zero-order valence-corrected chi connectivity index (χ0v) is 7.93. The number of aromatic hydroxyl groups is 2. The summed E-state index contributed by atoms with van der Waals surface area (Å²) in [6.07, 6.45) is 0. The standard InChI is InChI=1S/C9H8N2O2S/c10-9(11)8-2-4-1-5(12)6(13)3-7(4)14-8/h1-3,12-13H,(H3,10,11). The van der Waals surface area contributed by atoms with Gasteiger partial charge >= 0.3 is 0 Å². The molecular formula is C9H8N2O2S. The summed E-state index contributed by atoms with van der Waals surface area (Å²) in [6.45, 7) is 0. The number of nitrogens with two attached hydrogens (primary N) is 1. The van der Waals surface area contributed by atoms with Gasteiger partial charge in [0.1, 0.15) is 5.84 Å². The topological polar surface area (TPSA) is 90.3 Å². The van der Waals surface area contributed by atoms with Gasteiger partial charge in [0, 0.05) is 10.8 Å². The second kappa shape index (κ2) is 2.88. The van der Waals surface area contributed by atoms with Crippen molar-refractivity contribution in [3.8, 4) is 11.5 Å². The minimum absolute atomic E-state index is 0.00909. The van der Waals surface area contributed by atoms with Gasteiger partial charge in [-0.05, 0) is 17.5 Å². The SMILES string of the molecule is N=C(N)c1cc2cc(O)c(O)cc2s1. The van der Waals surface area contributed by atoms with Crippen molar-refractivity contribution in [3.05, 3.63) is 23.1 Å². The molecule has 0 saturated heterocycles. The Morgan fingerprint density at radius 3 is 2.50 bits per heavy atom.